The number of aromatic hydroxyl groups is 1. The van der Waals surface area contributed by atoms with Crippen LogP contribution in [0.1, 0.15) is 33.9 Å². The molecule has 4 aliphatic heterocycles. The molecule has 0 saturated carbocycles. The van der Waals surface area contributed by atoms with Gasteiger partial charge in [0, 0.05) is 11.4 Å². The highest BCUT2D eigenvalue weighted by atomic mass is 16.3. The first kappa shape index (κ1) is 13.5. The van der Waals surface area contributed by atoms with Crippen LogP contribution in [0.5, 0.6) is 5.75 Å². The zero-order valence-corrected chi connectivity index (χ0v) is 13.6. The van der Waals surface area contributed by atoms with Crippen molar-refractivity contribution in [3.05, 3.63) is 81.7 Å². The molecule has 0 spiro atoms. The van der Waals surface area contributed by atoms with Crippen molar-refractivity contribution in [2.75, 3.05) is 0 Å². The fourth-order valence-electron chi connectivity index (χ4n) is 3.63. The van der Waals surface area contributed by atoms with E-state index in [9.17, 15) is 5.11 Å². The second kappa shape index (κ2) is 4.67. The average molecular weight is 336 g/mol. The second-order valence-corrected chi connectivity index (χ2v) is 6.48. The lowest BCUT2D eigenvalue weighted by atomic mass is 10.0. The van der Waals surface area contributed by atoms with Gasteiger partial charge in [-0.1, -0.05) is 0 Å². The molecule has 0 unspecified atom stereocenters. The average Bonchev–Trinajstić information content (AvgIpc) is 3.38. The minimum absolute atomic E-state index is 0.181. The van der Waals surface area contributed by atoms with Crippen LogP contribution < -0.4 is 0 Å². The van der Waals surface area contributed by atoms with Crippen LogP contribution >= 0.6 is 0 Å². The van der Waals surface area contributed by atoms with Gasteiger partial charge in [-0.25, -0.2) is 15.0 Å². The van der Waals surface area contributed by atoms with Gasteiger partial charge in [0.2, 0.25) is 0 Å². The van der Waals surface area contributed by atoms with E-state index in [2.05, 4.69) is 20.0 Å². The van der Waals surface area contributed by atoms with Crippen LogP contribution in [0.25, 0.3) is 24.3 Å². The number of nitrogens with one attached hydrogen (secondary N) is 1. The molecule has 10 bridgehead atoms. The quantitative estimate of drug-likeness (QED) is 0.657. The van der Waals surface area contributed by atoms with E-state index >= 15 is 0 Å². The first-order valence-electron chi connectivity index (χ1n) is 8.36. The zero-order valence-electron chi connectivity index (χ0n) is 13.6. The molecule has 0 aliphatic carbocycles. The molecule has 0 amide bonds. The van der Waals surface area contributed by atoms with E-state index < -0.39 is 0 Å². The van der Waals surface area contributed by atoms with E-state index in [-0.39, 0.29) is 5.75 Å². The van der Waals surface area contributed by atoms with Crippen molar-refractivity contribution in [3.8, 4) is 5.75 Å². The van der Waals surface area contributed by atoms with Crippen LogP contribution in [0.3, 0.4) is 0 Å². The minimum atomic E-state index is 0.181. The Morgan fingerprint density at radius 1 is 0.692 bits per heavy atom. The van der Waals surface area contributed by atoms with E-state index in [1.165, 1.54) is 0 Å². The normalized spacial score (nSPS) is 17.8. The number of aromatic amines is 1. The number of fused-ring (bicyclic) bond motifs is 12. The molecule has 5 heteroatoms. The van der Waals surface area contributed by atoms with Gasteiger partial charge in [-0.05, 0) is 60.7 Å². The molecule has 0 fully saturated rings. The molecule has 6 rings (SSSR count). The highest BCUT2D eigenvalue weighted by molar-refractivity contribution is 6.21. The lowest BCUT2D eigenvalue weighted by Gasteiger charge is -2.11. The minimum Gasteiger partial charge on any atom is -0.506 e. The predicted molar refractivity (Wildman–Crippen MR) is 103 cm³/mol. The second-order valence-electron chi connectivity index (χ2n) is 6.48. The fourth-order valence-corrected chi connectivity index (χ4v) is 3.63. The van der Waals surface area contributed by atoms with E-state index in [0.717, 1.165) is 34.2 Å². The molecule has 0 saturated heterocycles. The Morgan fingerprint density at radius 2 is 1.23 bits per heavy atom. The van der Waals surface area contributed by atoms with Crippen molar-refractivity contribution in [1.29, 1.82) is 0 Å². The van der Waals surface area contributed by atoms with Crippen LogP contribution in [0.2, 0.25) is 0 Å². The van der Waals surface area contributed by atoms with Crippen molar-refractivity contribution in [1.82, 2.24) is 9.97 Å². The van der Waals surface area contributed by atoms with E-state index in [1.54, 1.807) is 0 Å². The monoisotopic (exact) mass is 336 g/mol. The highest BCUT2D eigenvalue weighted by Gasteiger charge is 2.27. The first-order valence-corrected chi connectivity index (χ1v) is 8.36. The number of aliphatic imine (C=N–C) groups is 2. The summed E-state index contributed by atoms with van der Waals surface area (Å²) in [6, 6.07) is 4.02. The number of aromatic nitrogens is 2. The third kappa shape index (κ3) is 1.82. The van der Waals surface area contributed by atoms with Gasteiger partial charge in [0.25, 0.3) is 0 Å². The molecular weight excluding hydrogens is 324 g/mol. The summed E-state index contributed by atoms with van der Waals surface area (Å²) in [7, 11) is 0. The van der Waals surface area contributed by atoms with E-state index in [4.69, 9.17) is 0 Å². The van der Waals surface area contributed by atoms with Crippen LogP contribution in [0, 0.1) is 0 Å². The Labute approximate surface area is 148 Å². The molecule has 2 N–H and O–H groups in total. The lowest BCUT2D eigenvalue weighted by Crippen LogP contribution is -2.07. The molecule has 0 atom stereocenters. The van der Waals surface area contributed by atoms with Gasteiger partial charge in [-0.3, -0.25) is 0 Å². The van der Waals surface area contributed by atoms with E-state index in [1.807, 2.05) is 60.7 Å². The summed E-state index contributed by atoms with van der Waals surface area (Å²) < 4.78 is 0. The maximum atomic E-state index is 11.0. The van der Waals surface area contributed by atoms with Crippen LogP contribution in [0.15, 0.2) is 57.8 Å². The SMILES string of the molecule is Oc1c2c3nc(c1C1=NC(=Cc4ccc([nH]4)C=C4C=CC2=N4)C=C1)C=C3. The van der Waals surface area contributed by atoms with Crippen molar-refractivity contribution in [3.63, 3.8) is 0 Å². The molecule has 122 valence electrons. The summed E-state index contributed by atoms with van der Waals surface area (Å²) >= 11 is 0. The largest absolute Gasteiger partial charge is 0.506 e. The number of rotatable bonds is 0. The van der Waals surface area contributed by atoms with Gasteiger partial charge in [-0.15, -0.1) is 0 Å². The van der Waals surface area contributed by atoms with Gasteiger partial charge in [-0.2, -0.15) is 0 Å². The number of nitrogens with zero attached hydrogens (tertiary/aromatic N) is 3. The maximum Gasteiger partial charge on any atom is 0.138 e. The molecule has 6 heterocycles. The Kier molecular flexibility index (Phi) is 2.43. The summed E-state index contributed by atoms with van der Waals surface area (Å²) in [4.78, 5) is 17.3. The van der Waals surface area contributed by atoms with E-state index in [0.29, 0.717) is 22.6 Å². The Morgan fingerprint density at radius 3 is 1.77 bits per heavy atom. The van der Waals surface area contributed by atoms with Crippen molar-refractivity contribution >= 4 is 35.7 Å². The summed E-state index contributed by atoms with van der Waals surface area (Å²) in [5, 5.41) is 11.0. The molecule has 5 nitrogen and oxygen atoms in total. The smallest absolute Gasteiger partial charge is 0.138 e. The molecule has 4 aliphatic rings. The van der Waals surface area contributed by atoms with Crippen LogP contribution in [0.4, 0.5) is 0 Å². The van der Waals surface area contributed by atoms with Crippen LogP contribution in [-0.4, -0.2) is 26.5 Å². The summed E-state index contributed by atoms with van der Waals surface area (Å²) in [6.07, 6.45) is 15.5. The topological polar surface area (TPSA) is 73.6 Å². The molecule has 2 aromatic rings. The zero-order chi connectivity index (χ0) is 17.3. The van der Waals surface area contributed by atoms with Gasteiger partial charge >= 0.3 is 0 Å². The standard InChI is InChI=1S/C21H12N4O/c26-21-19-15-5-3-13(23-15)9-11-1-2-12(22-11)10-14-4-6-16(24-14)20(21)18-8-7-17(19)25-18/h1-10,22H,(H,25,26). The number of hydrogen-bond acceptors (Lipinski definition) is 4. The predicted octanol–water partition coefficient (Wildman–Crippen LogP) is 3.71. The number of hydrogen-bond donors (Lipinski definition) is 2. The molecule has 0 radical (unpaired) electrons. The fraction of sp³-hybridized carbons (Fsp3) is 0. The number of allylic oxidation sites excluding steroid dienone is 4. The Balaban J connectivity index is 1.70. The molecule has 0 aromatic carbocycles. The maximum absolute atomic E-state index is 11.0. The first-order chi connectivity index (χ1) is 12.7. The van der Waals surface area contributed by atoms with Crippen molar-refractivity contribution in [2.24, 2.45) is 9.98 Å². The molecule has 2 aromatic heterocycles. The summed E-state index contributed by atoms with van der Waals surface area (Å²) in [6.45, 7) is 0. The summed E-state index contributed by atoms with van der Waals surface area (Å²) in [5.41, 5.74) is 7.77. The number of pyridine rings is 1. The summed E-state index contributed by atoms with van der Waals surface area (Å²) in [5.74, 6) is 0.181. The van der Waals surface area contributed by atoms with Crippen molar-refractivity contribution < 1.29 is 5.11 Å². The Bertz CT molecular complexity index is 1140. The van der Waals surface area contributed by atoms with Gasteiger partial charge in [0.05, 0.1) is 45.3 Å². The molecule has 26 heavy (non-hydrogen) atoms. The van der Waals surface area contributed by atoms with Crippen molar-refractivity contribution in [2.45, 2.75) is 0 Å². The lowest BCUT2D eigenvalue weighted by molar-refractivity contribution is 0.472. The van der Waals surface area contributed by atoms with Gasteiger partial charge < -0.3 is 10.1 Å². The van der Waals surface area contributed by atoms with Gasteiger partial charge in [0.15, 0.2) is 0 Å². The third-order valence-electron chi connectivity index (χ3n) is 4.80. The molecular formula is C21H12N4O. The Hall–Kier alpha value is -3.73. The van der Waals surface area contributed by atoms with Gasteiger partial charge in [0.1, 0.15) is 5.75 Å². The third-order valence-corrected chi connectivity index (χ3v) is 4.80. The van der Waals surface area contributed by atoms with Crippen LogP contribution in [-0.2, 0) is 0 Å². The highest BCUT2D eigenvalue weighted by Crippen LogP contribution is 2.37. The number of H-pyrrole nitrogens is 1.